The predicted molar refractivity (Wildman–Crippen MR) is 84.4 cm³/mol. The number of nitrogens with zero attached hydrogens (tertiary/aromatic N) is 4. The molecule has 1 aromatic rings. The van der Waals surface area contributed by atoms with Gasteiger partial charge >= 0.3 is 0 Å². The molecule has 0 aromatic heterocycles. The summed E-state index contributed by atoms with van der Waals surface area (Å²) in [5.74, 6) is -0.129. The van der Waals surface area contributed by atoms with E-state index in [2.05, 4.69) is 24.3 Å². The molecular formula is C20H16N4. The van der Waals surface area contributed by atoms with Gasteiger partial charge in [0.2, 0.25) is 0 Å². The second-order valence-electron chi connectivity index (χ2n) is 7.59. The second kappa shape index (κ2) is 4.60. The van der Waals surface area contributed by atoms with Crippen LogP contribution in [0.4, 0.5) is 0 Å². The van der Waals surface area contributed by atoms with Gasteiger partial charge in [-0.2, -0.15) is 21.0 Å². The standard InChI is InChI=1S/C20H16N4/c21-10-17-15-6-14-7-18(9-15,16-4-2-1-3-5-16)20(12-23,13-24)19(17,8-14)11-22/h1-5,14-15,17H,6-9H2. The molecule has 4 fully saturated rings. The lowest BCUT2D eigenvalue weighted by atomic mass is 9.30. The normalized spacial score (nSPS) is 40.8. The van der Waals surface area contributed by atoms with Crippen molar-refractivity contribution in [1.29, 1.82) is 21.0 Å². The monoisotopic (exact) mass is 312 g/mol. The van der Waals surface area contributed by atoms with Crippen molar-refractivity contribution < 1.29 is 0 Å². The highest BCUT2D eigenvalue weighted by Crippen LogP contribution is 2.75. The molecule has 4 aliphatic rings. The molecule has 0 saturated heterocycles. The minimum absolute atomic E-state index is 0.0946. The topological polar surface area (TPSA) is 95.2 Å². The van der Waals surface area contributed by atoms with Crippen LogP contribution in [0.5, 0.6) is 0 Å². The number of benzene rings is 1. The van der Waals surface area contributed by atoms with Crippen LogP contribution in [0.3, 0.4) is 0 Å². The highest BCUT2D eigenvalue weighted by Gasteiger charge is 2.78. The van der Waals surface area contributed by atoms with Crippen LogP contribution in [0, 0.1) is 73.9 Å². The molecule has 5 atom stereocenters. The smallest absolute Gasteiger partial charge is 0.173 e. The van der Waals surface area contributed by atoms with E-state index >= 15 is 0 Å². The lowest BCUT2D eigenvalue weighted by molar-refractivity contribution is -0.138. The van der Waals surface area contributed by atoms with Gasteiger partial charge in [0, 0.05) is 5.41 Å². The van der Waals surface area contributed by atoms with E-state index in [-0.39, 0.29) is 5.92 Å². The third kappa shape index (κ3) is 1.32. The van der Waals surface area contributed by atoms with Gasteiger partial charge in [0.25, 0.3) is 0 Å². The van der Waals surface area contributed by atoms with Crippen LogP contribution in [0.2, 0.25) is 0 Å². The summed E-state index contributed by atoms with van der Waals surface area (Å²) >= 11 is 0. The summed E-state index contributed by atoms with van der Waals surface area (Å²) < 4.78 is 0. The zero-order chi connectivity index (χ0) is 17.0. The quantitative estimate of drug-likeness (QED) is 0.793. The first-order chi connectivity index (χ1) is 11.6. The van der Waals surface area contributed by atoms with Crippen LogP contribution in [0.25, 0.3) is 0 Å². The van der Waals surface area contributed by atoms with E-state index in [1.165, 1.54) is 0 Å². The SMILES string of the molecule is N#CC1C2CC3CC(c4ccccc4)(C2)C(C#N)(C#N)C1(C#N)C3. The van der Waals surface area contributed by atoms with Gasteiger partial charge in [-0.1, -0.05) is 30.3 Å². The lowest BCUT2D eigenvalue weighted by Crippen LogP contribution is -2.69. The Morgan fingerprint density at radius 1 is 0.875 bits per heavy atom. The summed E-state index contributed by atoms with van der Waals surface area (Å²) in [6, 6.07) is 18.9. The summed E-state index contributed by atoms with van der Waals surface area (Å²) in [7, 11) is 0. The van der Waals surface area contributed by atoms with Crippen molar-refractivity contribution in [2.45, 2.75) is 31.1 Å². The highest BCUT2D eigenvalue weighted by molar-refractivity contribution is 5.49. The number of rotatable bonds is 1. The van der Waals surface area contributed by atoms with E-state index in [4.69, 9.17) is 0 Å². The lowest BCUT2D eigenvalue weighted by Gasteiger charge is -2.67. The zero-order valence-electron chi connectivity index (χ0n) is 13.2. The summed E-state index contributed by atoms with van der Waals surface area (Å²) in [6.07, 6.45) is 2.84. The van der Waals surface area contributed by atoms with Gasteiger partial charge < -0.3 is 0 Å². The Bertz CT molecular complexity index is 848. The van der Waals surface area contributed by atoms with Gasteiger partial charge in [-0.05, 0) is 43.1 Å². The molecule has 24 heavy (non-hydrogen) atoms. The largest absolute Gasteiger partial charge is 0.198 e. The van der Waals surface area contributed by atoms with Crippen LogP contribution < -0.4 is 0 Å². The first-order valence-corrected chi connectivity index (χ1v) is 8.32. The van der Waals surface area contributed by atoms with Gasteiger partial charge in [-0.25, -0.2) is 0 Å². The number of nitriles is 4. The first kappa shape index (κ1) is 14.8. The summed E-state index contributed by atoms with van der Waals surface area (Å²) in [6.45, 7) is 0. The Balaban J connectivity index is 2.07. The fourth-order valence-corrected chi connectivity index (χ4v) is 6.19. The van der Waals surface area contributed by atoms with E-state index in [0.29, 0.717) is 18.8 Å². The van der Waals surface area contributed by atoms with Crippen molar-refractivity contribution in [3.63, 3.8) is 0 Å². The van der Waals surface area contributed by atoms with Gasteiger partial charge in [0.1, 0.15) is 5.41 Å². The first-order valence-electron chi connectivity index (χ1n) is 8.32. The Morgan fingerprint density at radius 2 is 1.58 bits per heavy atom. The molecule has 0 N–H and O–H groups in total. The molecule has 0 radical (unpaired) electrons. The third-order valence-corrected chi connectivity index (χ3v) is 6.88. The maximum absolute atomic E-state index is 10.2. The molecule has 116 valence electrons. The molecule has 4 nitrogen and oxygen atoms in total. The average molecular weight is 312 g/mol. The van der Waals surface area contributed by atoms with E-state index in [0.717, 1.165) is 18.4 Å². The Morgan fingerprint density at radius 3 is 2.17 bits per heavy atom. The third-order valence-electron chi connectivity index (χ3n) is 6.88. The maximum Gasteiger partial charge on any atom is 0.173 e. The van der Waals surface area contributed by atoms with Crippen LogP contribution in [0.15, 0.2) is 30.3 Å². The molecular weight excluding hydrogens is 296 g/mol. The van der Waals surface area contributed by atoms with Crippen molar-refractivity contribution in [2.24, 2.45) is 28.6 Å². The van der Waals surface area contributed by atoms with Crippen LogP contribution in [-0.2, 0) is 5.41 Å². The molecule has 4 saturated carbocycles. The Kier molecular flexibility index (Phi) is 2.83. The van der Waals surface area contributed by atoms with Crippen molar-refractivity contribution in [3.05, 3.63) is 35.9 Å². The maximum atomic E-state index is 10.2. The fraction of sp³-hybridized carbons (Fsp3) is 0.500. The molecule has 0 aliphatic heterocycles. The van der Waals surface area contributed by atoms with Crippen molar-refractivity contribution in [3.8, 4) is 24.3 Å². The minimum Gasteiger partial charge on any atom is -0.198 e. The molecule has 4 heteroatoms. The summed E-state index contributed by atoms with van der Waals surface area (Å²) in [5.41, 5.74) is -2.33. The van der Waals surface area contributed by atoms with Crippen molar-refractivity contribution >= 4 is 0 Å². The molecule has 5 unspecified atom stereocenters. The van der Waals surface area contributed by atoms with Gasteiger partial charge in [0.05, 0.1) is 30.2 Å². The molecule has 0 spiro atoms. The molecule has 4 bridgehead atoms. The number of hydrogen-bond donors (Lipinski definition) is 0. The Labute approximate surface area is 141 Å². The van der Waals surface area contributed by atoms with Crippen LogP contribution >= 0.6 is 0 Å². The summed E-state index contributed by atoms with van der Waals surface area (Å²) in [4.78, 5) is 0. The molecule has 4 aliphatic carbocycles. The molecule has 5 rings (SSSR count). The average Bonchev–Trinajstić information content (AvgIpc) is 2.63. The molecule has 0 heterocycles. The molecule has 0 amide bonds. The van der Waals surface area contributed by atoms with E-state index < -0.39 is 22.2 Å². The fourth-order valence-electron chi connectivity index (χ4n) is 6.19. The minimum atomic E-state index is -1.47. The van der Waals surface area contributed by atoms with Crippen LogP contribution in [0.1, 0.15) is 31.2 Å². The van der Waals surface area contributed by atoms with E-state index in [9.17, 15) is 21.0 Å². The van der Waals surface area contributed by atoms with E-state index in [1.807, 2.05) is 30.3 Å². The van der Waals surface area contributed by atoms with Crippen molar-refractivity contribution in [2.75, 3.05) is 0 Å². The van der Waals surface area contributed by atoms with E-state index in [1.54, 1.807) is 0 Å². The van der Waals surface area contributed by atoms with Gasteiger partial charge in [-0.15, -0.1) is 0 Å². The summed E-state index contributed by atoms with van der Waals surface area (Å²) in [5, 5.41) is 40.1. The zero-order valence-corrected chi connectivity index (χ0v) is 13.2. The van der Waals surface area contributed by atoms with Gasteiger partial charge in [-0.3, -0.25) is 0 Å². The number of hydrogen-bond acceptors (Lipinski definition) is 4. The van der Waals surface area contributed by atoms with Gasteiger partial charge in [0.15, 0.2) is 5.41 Å². The Hall–Kier alpha value is -2.82. The highest BCUT2D eigenvalue weighted by atomic mass is 14.8. The predicted octanol–water partition coefficient (Wildman–Crippen LogP) is 3.44. The van der Waals surface area contributed by atoms with Crippen LogP contribution in [-0.4, -0.2) is 0 Å². The second-order valence-corrected chi connectivity index (χ2v) is 7.59. The van der Waals surface area contributed by atoms with Crippen molar-refractivity contribution in [1.82, 2.24) is 0 Å². The molecule has 1 aromatic carbocycles.